The summed E-state index contributed by atoms with van der Waals surface area (Å²) in [5, 5.41) is 12.2. The number of nitrogens with one attached hydrogen (secondary N) is 1. The van der Waals surface area contributed by atoms with Crippen LogP contribution in [0.2, 0.25) is 0 Å². The lowest BCUT2D eigenvalue weighted by Gasteiger charge is -2.13. The van der Waals surface area contributed by atoms with Crippen LogP contribution in [0.5, 0.6) is 11.5 Å². The van der Waals surface area contributed by atoms with E-state index in [-0.39, 0.29) is 5.56 Å². The van der Waals surface area contributed by atoms with Crippen molar-refractivity contribution in [3.05, 3.63) is 89.2 Å². The number of anilines is 1. The molecule has 0 bridgehead atoms. The lowest BCUT2D eigenvalue weighted by molar-refractivity contribution is 0.284. The van der Waals surface area contributed by atoms with Crippen LogP contribution in [0.3, 0.4) is 0 Å². The maximum atomic E-state index is 13.7. The molecule has 1 N–H and O–H groups in total. The number of nitrogens with zero attached hydrogens (tertiary/aromatic N) is 1. The minimum absolute atomic E-state index is 0.00674. The molecule has 4 nitrogen and oxygen atoms in total. The van der Waals surface area contributed by atoms with Gasteiger partial charge >= 0.3 is 0 Å². The van der Waals surface area contributed by atoms with E-state index in [0.717, 1.165) is 11.1 Å². The van der Waals surface area contributed by atoms with Crippen LogP contribution in [0.1, 0.15) is 16.7 Å². The first-order chi connectivity index (χ1) is 13.2. The number of nitriles is 1. The highest BCUT2D eigenvalue weighted by Crippen LogP contribution is 2.29. The molecule has 0 aliphatic carbocycles. The number of hydrogen-bond acceptors (Lipinski definition) is 4. The Kier molecular flexibility index (Phi) is 5.91. The third-order valence-electron chi connectivity index (χ3n) is 4.07. The van der Waals surface area contributed by atoms with Crippen molar-refractivity contribution in [2.75, 3.05) is 12.4 Å². The average Bonchev–Trinajstić information content (AvgIpc) is 2.71. The summed E-state index contributed by atoms with van der Waals surface area (Å²) < 4.78 is 24.9. The highest BCUT2D eigenvalue weighted by atomic mass is 19.1. The zero-order chi connectivity index (χ0) is 19.1. The van der Waals surface area contributed by atoms with Gasteiger partial charge in [-0.05, 0) is 35.4 Å². The normalized spacial score (nSPS) is 10.1. The Morgan fingerprint density at radius 1 is 0.963 bits per heavy atom. The number of methoxy groups -OCH3 is 1. The Morgan fingerprint density at radius 2 is 1.78 bits per heavy atom. The second-order valence-electron chi connectivity index (χ2n) is 5.89. The summed E-state index contributed by atoms with van der Waals surface area (Å²) in [6.45, 7) is 0.872. The number of hydrogen-bond donors (Lipinski definition) is 1. The summed E-state index contributed by atoms with van der Waals surface area (Å²) in [7, 11) is 1.59. The molecule has 5 heteroatoms. The molecule has 0 atom stereocenters. The van der Waals surface area contributed by atoms with Crippen molar-refractivity contribution in [1.29, 1.82) is 5.26 Å². The van der Waals surface area contributed by atoms with Gasteiger partial charge in [-0.1, -0.05) is 42.5 Å². The van der Waals surface area contributed by atoms with Crippen LogP contribution in [0.4, 0.5) is 10.1 Å². The Hall–Kier alpha value is -3.52. The number of ether oxygens (including phenoxy) is 2. The first-order valence-electron chi connectivity index (χ1n) is 8.47. The Bertz CT molecular complexity index is 952. The summed E-state index contributed by atoms with van der Waals surface area (Å²) in [4.78, 5) is 0. The standard InChI is InChI=1S/C22H19FN2O2/c1-26-22-12-17(14-25-20-9-5-8-19(23)18(20)13-24)10-11-21(22)27-15-16-6-3-2-4-7-16/h2-12,25H,14-15H2,1H3. The summed E-state index contributed by atoms with van der Waals surface area (Å²) >= 11 is 0. The summed E-state index contributed by atoms with van der Waals surface area (Å²) in [5.41, 5.74) is 2.46. The van der Waals surface area contributed by atoms with Crippen LogP contribution in [-0.2, 0) is 13.2 Å². The Morgan fingerprint density at radius 3 is 2.52 bits per heavy atom. The van der Waals surface area contributed by atoms with Crippen LogP contribution in [0.15, 0.2) is 66.7 Å². The van der Waals surface area contributed by atoms with Gasteiger partial charge < -0.3 is 14.8 Å². The van der Waals surface area contributed by atoms with Gasteiger partial charge in [-0.25, -0.2) is 4.39 Å². The summed E-state index contributed by atoms with van der Waals surface area (Å²) in [6.07, 6.45) is 0. The third-order valence-corrected chi connectivity index (χ3v) is 4.07. The van der Waals surface area contributed by atoms with Gasteiger partial charge in [0.2, 0.25) is 0 Å². The van der Waals surface area contributed by atoms with Gasteiger partial charge in [0, 0.05) is 6.54 Å². The maximum absolute atomic E-state index is 13.7. The van der Waals surface area contributed by atoms with Gasteiger partial charge in [0.05, 0.1) is 12.8 Å². The number of rotatable bonds is 7. The van der Waals surface area contributed by atoms with Crippen LogP contribution < -0.4 is 14.8 Å². The topological polar surface area (TPSA) is 54.3 Å². The highest BCUT2D eigenvalue weighted by molar-refractivity contribution is 5.58. The molecule has 27 heavy (non-hydrogen) atoms. The molecule has 0 amide bonds. The zero-order valence-corrected chi connectivity index (χ0v) is 14.9. The Labute approximate surface area is 157 Å². The van der Waals surface area contributed by atoms with E-state index >= 15 is 0 Å². The fourth-order valence-electron chi connectivity index (χ4n) is 2.66. The van der Waals surface area contributed by atoms with Gasteiger partial charge in [0.15, 0.2) is 11.5 Å². The summed E-state index contributed by atoms with van der Waals surface area (Å²) in [5.74, 6) is 0.725. The molecule has 0 radical (unpaired) electrons. The van der Waals surface area contributed by atoms with Crippen molar-refractivity contribution in [2.24, 2.45) is 0 Å². The molecule has 3 rings (SSSR count). The van der Waals surface area contributed by atoms with E-state index in [0.29, 0.717) is 30.3 Å². The van der Waals surface area contributed by atoms with E-state index in [2.05, 4.69) is 5.32 Å². The van der Waals surface area contributed by atoms with Crippen LogP contribution in [0.25, 0.3) is 0 Å². The molecule has 0 aliphatic heterocycles. The van der Waals surface area contributed by atoms with Crippen molar-refractivity contribution in [1.82, 2.24) is 0 Å². The Balaban J connectivity index is 1.69. The monoisotopic (exact) mass is 362 g/mol. The quantitative estimate of drug-likeness (QED) is 0.650. The molecule has 0 saturated carbocycles. The molecule has 0 saturated heterocycles. The first-order valence-corrected chi connectivity index (χ1v) is 8.47. The molecule has 3 aromatic rings. The molecule has 0 spiro atoms. The van der Waals surface area contributed by atoms with Gasteiger partial charge in [0.1, 0.15) is 24.1 Å². The molecule has 0 aliphatic rings. The second kappa shape index (κ2) is 8.72. The van der Waals surface area contributed by atoms with Crippen molar-refractivity contribution < 1.29 is 13.9 Å². The number of halogens is 1. The SMILES string of the molecule is COc1cc(CNc2cccc(F)c2C#N)ccc1OCc1ccccc1. The second-order valence-corrected chi connectivity index (χ2v) is 5.89. The first kappa shape index (κ1) is 18.3. The van der Waals surface area contributed by atoms with E-state index in [1.54, 1.807) is 19.2 Å². The average molecular weight is 362 g/mol. The largest absolute Gasteiger partial charge is 0.493 e. The molecule has 0 fully saturated rings. The van der Waals surface area contributed by atoms with Gasteiger partial charge in [0.25, 0.3) is 0 Å². The highest BCUT2D eigenvalue weighted by Gasteiger charge is 2.09. The van der Waals surface area contributed by atoms with Crippen LogP contribution in [-0.4, -0.2) is 7.11 Å². The predicted octanol–water partition coefficient (Wildman–Crippen LogP) is 4.90. The molecule has 0 heterocycles. The van der Waals surface area contributed by atoms with E-state index in [4.69, 9.17) is 14.7 Å². The van der Waals surface area contributed by atoms with E-state index in [1.807, 2.05) is 54.6 Å². The van der Waals surface area contributed by atoms with E-state index < -0.39 is 5.82 Å². The van der Waals surface area contributed by atoms with E-state index in [1.165, 1.54) is 6.07 Å². The van der Waals surface area contributed by atoms with Crippen molar-refractivity contribution in [3.8, 4) is 17.6 Å². The van der Waals surface area contributed by atoms with Crippen molar-refractivity contribution in [3.63, 3.8) is 0 Å². The minimum atomic E-state index is -0.537. The minimum Gasteiger partial charge on any atom is -0.493 e. The van der Waals surface area contributed by atoms with Crippen LogP contribution in [0, 0.1) is 17.1 Å². The van der Waals surface area contributed by atoms with Crippen molar-refractivity contribution >= 4 is 5.69 Å². The molecule has 3 aromatic carbocycles. The maximum Gasteiger partial charge on any atom is 0.161 e. The van der Waals surface area contributed by atoms with Gasteiger partial charge in [-0.2, -0.15) is 5.26 Å². The lowest BCUT2D eigenvalue weighted by atomic mass is 10.1. The molecule has 136 valence electrons. The number of benzene rings is 3. The molecule has 0 aromatic heterocycles. The predicted molar refractivity (Wildman–Crippen MR) is 102 cm³/mol. The zero-order valence-electron chi connectivity index (χ0n) is 14.9. The van der Waals surface area contributed by atoms with Crippen LogP contribution >= 0.6 is 0 Å². The summed E-state index contributed by atoms with van der Waals surface area (Å²) in [6, 6.07) is 21.9. The molecular formula is C22H19FN2O2. The molecular weight excluding hydrogens is 343 g/mol. The van der Waals surface area contributed by atoms with Gasteiger partial charge in [-0.3, -0.25) is 0 Å². The van der Waals surface area contributed by atoms with Crippen molar-refractivity contribution in [2.45, 2.75) is 13.2 Å². The fourth-order valence-corrected chi connectivity index (χ4v) is 2.66. The lowest BCUT2D eigenvalue weighted by Crippen LogP contribution is -2.03. The molecule has 0 unspecified atom stereocenters. The third kappa shape index (κ3) is 4.56. The van der Waals surface area contributed by atoms with E-state index in [9.17, 15) is 4.39 Å². The fraction of sp³-hybridized carbons (Fsp3) is 0.136. The van der Waals surface area contributed by atoms with Gasteiger partial charge in [-0.15, -0.1) is 0 Å². The smallest absolute Gasteiger partial charge is 0.161 e.